The molecule has 1 aromatic heterocycles. The number of anilines is 1. The van der Waals surface area contributed by atoms with Crippen molar-refractivity contribution in [2.75, 3.05) is 18.0 Å². The van der Waals surface area contributed by atoms with Crippen molar-refractivity contribution in [1.82, 2.24) is 10.3 Å². The number of halogens is 1. The SMILES string of the molecule is O=C(NCCc1nc2c(s1)CCC2)[C@H]1CC(=O)N(c2cccc(F)c2)C1. The summed E-state index contributed by atoms with van der Waals surface area (Å²) in [4.78, 5) is 32.1. The summed E-state index contributed by atoms with van der Waals surface area (Å²) >= 11 is 1.75. The zero-order valence-corrected chi connectivity index (χ0v) is 15.2. The van der Waals surface area contributed by atoms with Crippen LogP contribution in [0.15, 0.2) is 24.3 Å². The van der Waals surface area contributed by atoms with Gasteiger partial charge < -0.3 is 10.2 Å². The molecule has 0 radical (unpaired) electrons. The normalized spacial score (nSPS) is 19.0. The van der Waals surface area contributed by atoms with Crippen LogP contribution >= 0.6 is 11.3 Å². The van der Waals surface area contributed by atoms with E-state index in [4.69, 9.17) is 0 Å². The molecule has 4 rings (SSSR count). The van der Waals surface area contributed by atoms with E-state index < -0.39 is 11.7 Å². The van der Waals surface area contributed by atoms with Gasteiger partial charge in [-0.3, -0.25) is 9.59 Å². The van der Waals surface area contributed by atoms with Crippen LogP contribution in [-0.4, -0.2) is 29.9 Å². The lowest BCUT2D eigenvalue weighted by Gasteiger charge is -2.16. The molecule has 0 spiro atoms. The van der Waals surface area contributed by atoms with Crippen molar-refractivity contribution in [1.29, 1.82) is 0 Å². The van der Waals surface area contributed by atoms with Crippen molar-refractivity contribution in [2.45, 2.75) is 32.1 Å². The van der Waals surface area contributed by atoms with E-state index in [0.717, 1.165) is 24.3 Å². The molecular weight excluding hydrogens is 353 g/mol. The second kappa shape index (κ2) is 7.15. The lowest BCUT2D eigenvalue weighted by atomic mass is 10.1. The van der Waals surface area contributed by atoms with E-state index in [1.807, 2.05) is 0 Å². The van der Waals surface area contributed by atoms with Crippen molar-refractivity contribution in [2.24, 2.45) is 5.92 Å². The quantitative estimate of drug-likeness (QED) is 0.876. The van der Waals surface area contributed by atoms with Gasteiger partial charge in [-0.25, -0.2) is 9.37 Å². The Morgan fingerprint density at radius 1 is 1.38 bits per heavy atom. The summed E-state index contributed by atoms with van der Waals surface area (Å²) in [5.41, 5.74) is 1.73. The van der Waals surface area contributed by atoms with Crippen LogP contribution in [-0.2, 0) is 28.9 Å². The van der Waals surface area contributed by atoms with Gasteiger partial charge in [-0.15, -0.1) is 11.3 Å². The Labute approximate surface area is 155 Å². The molecule has 26 heavy (non-hydrogen) atoms. The molecule has 2 amide bonds. The van der Waals surface area contributed by atoms with E-state index in [-0.39, 0.29) is 18.2 Å². The number of carbonyl (C=O) groups excluding carboxylic acids is 2. The van der Waals surface area contributed by atoms with E-state index in [0.29, 0.717) is 18.8 Å². The average Bonchev–Trinajstić information content (AvgIpc) is 3.29. The molecule has 1 aliphatic heterocycles. The average molecular weight is 373 g/mol. The summed E-state index contributed by atoms with van der Waals surface area (Å²) in [6.07, 6.45) is 4.27. The Bertz CT molecular complexity index is 830. The fourth-order valence-electron chi connectivity index (χ4n) is 3.56. The predicted octanol–water partition coefficient (Wildman–Crippen LogP) is 2.48. The molecule has 1 atom stereocenters. The highest BCUT2D eigenvalue weighted by Crippen LogP contribution is 2.28. The molecule has 1 N–H and O–H groups in total. The maximum atomic E-state index is 13.4. The minimum Gasteiger partial charge on any atom is -0.355 e. The molecule has 2 aliphatic rings. The highest BCUT2D eigenvalue weighted by Gasteiger charge is 2.35. The Kier molecular flexibility index (Phi) is 4.72. The van der Waals surface area contributed by atoms with Crippen LogP contribution < -0.4 is 10.2 Å². The summed E-state index contributed by atoms with van der Waals surface area (Å²) in [7, 11) is 0. The first-order chi connectivity index (χ1) is 12.6. The van der Waals surface area contributed by atoms with Gasteiger partial charge in [0.05, 0.1) is 16.6 Å². The summed E-state index contributed by atoms with van der Waals surface area (Å²) in [5, 5.41) is 3.98. The molecule has 1 aliphatic carbocycles. The molecule has 2 heterocycles. The standard InChI is InChI=1S/C19H20FN3O2S/c20-13-3-1-4-14(10-13)23-11-12(9-18(23)24)19(25)21-8-7-17-22-15-5-2-6-16(15)26-17/h1,3-4,10,12H,2,5-9,11H2,(H,21,25)/t12-/m0/s1. The van der Waals surface area contributed by atoms with Crippen molar-refractivity contribution in [3.63, 3.8) is 0 Å². The summed E-state index contributed by atoms with van der Waals surface area (Å²) in [6, 6.07) is 5.90. The number of hydrogen-bond acceptors (Lipinski definition) is 4. The fraction of sp³-hybridized carbons (Fsp3) is 0.421. The number of thiazole rings is 1. The highest BCUT2D eigenvalue weighted by molar-refractivity contribution is 7.11. The predicted molar refractivity (Wildman–Crippen MR) is 97.7 cm³/mol. The summed E-state index contributed by atoms with van der Waals surface area (Å²) < 4.78 is 13.4. The van der Waals surface area contributed by atoms with Gasteiger partial charge in [0.25, 0.3) is 0 Å². The van der Waals surface area contributed by atoms with Crippen LogP contribution in [0.3, 0.4) is 0 Å². The van der Waals surface area contributed by atoms with Crippen molar-refractivity contribution >= 4 is 28.8 Å². The van der Waals surface area contributed by atoms with Crippen LogP contribution in [0.1, 0.15) is 28.4 Å². The molecule has 1 fully saturated rings. The second-order valence-electron chi connectivity index (χ2n) is 6.76. The number of rotatable bonds is 5. The highest BCUT2D eigenvalue weighted by atomic mass is 32.1. The number of aryl methyl sites for hydroxylation is 2. The van der Waals surface area contributed by atoms with Gasteiger partial charge in [-0.1, -0.05) is 6.07 Å². The maximum Gasteiger partial charge on any atom is 0.227 e. The van der Waals surface area contributed by atoms with Gasteiger partial charge in [-0.05, 0) is 37.5 Å². The Morgan fingerprint density at radius 2 is 2.27 bits per heavy atom. The third-order valence-electron chi connectivity index (χ3n) is 4.89. The van der Waals surface area contributed by atoms with Crippen molar-refractivity contribution < 1.29 is 14.0 Å². The smallest absolute Gasteiger partial charge is 0.227 e. The van der Waals surface area contributed by atoms with E-state index in [1.165, 1.54) is 34.0 Å². The maximum absolute atomic E-state index is 13.4. The molecule has 1 aromatic carbocycles. The first-order valence-corrected chi connectivity index (χ1v) is 9.73. The molecule has 0 saturated carbocycles. The molecule has 136 valence electrons. The lowest BCUT2D eigenvalue weighted by molar-refractivity contribution is -0.126. The third kappa shape index (κ3) is 3.49. The minimum absolute atomic E-state index is 0.124. The molecule has 7 heteroatoms. The number of benzene rings is 1. The van der Waals surface area contributed by atoms with Crippen LogP contribution in [0.4, 0.5) is 10.1 Å². The van der Waals surface area contributed by atoms with E-state index in [1.54, 1.807) is 23.5 Å². The number of nitrogens with one attached hydrogen (secondary N) is 1. The van der Waals surface area contributed by atoms with Gasteiger partial charge in [0.2, 0.25) is 11.8 Å². The van der Waals surface area contributed by atoms with Gasteiger partial charge in [0, 0.05) is 36.5 Å². The molecule has 2 aromatic rings. The number of carbonyl (C=O) groups is 2. The fourth-order valence-corrected chi connectivity index (χ4v) is 4.72. The first kappa shape index (κ1) is 17.1. The minimum atomic E-state index is -0.396. The zero-order chi connectivity index (χ0) is 18.1. The van der Waals surface area contributed by atoms with Crippen LogP contribution in [0.25, 0.3) is 0 Å². The van der Waals surface area contributed by atoms with Crippen molar-refractivity contribution in [3.05, 3.63) is 45.7 Å². The Hall–Kier alpha value is -2.28. The van der Waals surface area contributed by atoms with E-state index in [2.05, 4.69) is 10.3 Å². The zero-order valence-electron chi connectivity index (χ0n) is 14.3. The van der Waals surface area contributed by atoms with E-state index >= 15 is 0 Å². The number of hydrogen-bond donors (Lipinski definition) is 1. The third-order valence-corrected chi connectivity index (χ3v) is 6.11. The molecular formula is C19H20FN3O2S. The topological polar surface area (TPSA) is 62.3 Å². The van der Waals surface area contributed by atoms with Crippen LogP contribution in [0.5, 0.6) is 0 Å². The van der Waals surface area contributed by atoms with Gasteiger partial charge >= 0.3 is 0 Å². The first-order valence-electron chi connectivity index (χ1n) is 8.91. The monoisotopic (exact) mass is 373 g/mol. The second-order valence-corrected chi connectivity index (χ2v) is 7.93. The molecule has 0 bridgehead atoms. The lowest BCUT2D eigenvalue weighted by Crippen LogP contribution is -2.34. The number of amides is 2. The Morgan fingerprint density at radius 3 is 3.08 bits per heavy atom. The van der Waals surface area contributed by atoms with Crippen LogP contribution in [0.2, 0.25) is 0 Å². The Balaban J connectivity index is 1.30. The summed E-state index contributed by atoms with van der Waals surface area (Å²) in [6.45, 7) is 0.815. The molecule has 1 saturated heterocycles. The number of aromatic nitrogens is 1. The molecule has 5 nitrogen and oxygen atoms in total. The van der Waals surface area contributed by atoms with Gasteiger partial charge in [0.15, 0.2) is 0 Å². The largest absolute Gasteiger partial charge is 0.355 e. The molecule has 0 unspecified atom stereocenters. The number of fused-ring (bicyclic) bond motifs is 1. The van der Waals surface area contributed by atoms with Gasteiger partial charge in [0.1, 0.15) is 5.82 Å². The number of nitrogens with zero attached hydrogens (tertiary/aromatic N) is 2. The van der Waals surface area contributed by atoms with Crippen LogP contribution in [0, 0.1) is 11.7 Å². The van der Waals surface area contributed by atoms with E-state index in [9.17, 15) is 14.0 Å². The summed E-state index contributed by atoms with van der Waals surface area (Å²) in [5.74, 6) is -1.06. The van der Waals surface area contributed by atoms with Gasteiger partial charge in [-0.2, -0.15) is 0 Å². The van der Waals surface area contributed by atoms with Crippen molar-refractivity contribution in [3.8, 4) is 0 Å².